The fourth-order valence-electron chi connectivity index (χ4n) is 2.54. The van der Waals surface area contributed by atoms with E-state index in [0.29, 0.717) is 0 Å². The molecule has 0 aromatic carbocycles. The van der Waals surface area contributed by atoms with Crippen molar-refractivity contribution >= 4 is 11.9 Å². The Morgan fingerprint density at radius 3 is 2.64 bits per heavy atom. The van der Waals surface area contributed by atoms with E-state index in [4.69, 9.17) is 10.5 Å². The second-order valence-electron chi connectivity index (χ2n) is 5.05. The predicted molar refractivity (Wildman–Crippen MR) is 52.7 cm³/mol. The number of hydrogen-bond acceptors (Lipinski definition) is 3. The van der Waals surface area contributed by atoms with Gasteiger partial charge >= 0.3 is 0 Å². The molecule has 1 fully saturated rings. The molecule has 0 saturated heterocycles. The van der Waals surface area contributed by atoms with Crippen molar-refractivity contribution in [1.29, 1.82) is 0 Å². The molecule has 1 unspecified atom stereocenters. The van der Waals surface area contributed by atoms with E-state index in [-0.39, 0.29) is 17.3 Å². The molecule has 1 heterocycles. The highest BCUT2D eigenvalue weighted by Crippen LogP contribution is 2.44. The molecule has 0 radical (unpaired) electrons. The van der Waals surface area contributed by atoms with Crippen LogP contribution in [0.2, 0.25) is 0 Å². The van der Waals surface area contributed by atoms with Crippen LogP contribution in [0.5, 0.6) is 0 Å². The minimum Gasteiger partial charge on any atom is -0.448 e. The van der Waals surface area contributed by atoms with Crippen molar-refractivity contribution in [2.45, 2.75) is 45.1 Å². The van der Waals surface area contributed by atoms with Crippen molar-refractivity contribution in [1.82, 2.24) is 0 Å². The number of nitrogens with zero attached hydrogens (tertiary/aromatic N) is 1. The van der Waals surface area contributed by atoms with Crippen LogP contribution in [0, 0.1) is 5.41 Å². The highest BCUT2D eigenvalue weighted by molar-refractivity contribution is 6.00. The molecule has 78 valence electrons. The number of carbonyl (C=O) groups excluding carboxylic acids is 1. The Balaban J connectivity index is 2.22. The molecule has 1 aliphatic carbocycles. The smallest absolute Gasteiger partial charge is 0.294 e. The number of rotatable bonds is 0. The Kier molecular flexibility index (Phi) is 1.84. The zero-order valence-corrected chi connectivity index (χ0v) is 8.67. The molecule has 1 aliphatic heterocycles. The van der Waals surface area contributed by atoms with Crippen LogP contribution in [0.15, 0.2) is 4.99 Å². The molecular formula is C10H16N2O2. The molecule has 0 aromatic heterocycles. The molecule has 4 heteroatoms. The number of amidine groups is 1. The molecule has 2 N–H and O–H groups in total. The Morgan fingerprint density at radius 1 is 1.43 bits per heavy atom. The lowest BCUT2D eigenvalue weighted by Gasteiger charge is -2.39. The summed E-state index contributed by atoms with van der Waals surface area (Å²) in [5, 5.41) is 0. The van der Waals surface area contributed by atoms with Crippen molar-refractivity contribution in [2.75, 3.05) is 0 Å². The van der Waals surface area contributed by atoms with Crippen LogP contribution >= 0.6 is 0 Å². The predicted octanol–water partition coefficient (Wildman–Crippen LogP) is 1.20. The van der Waals surface area contributed by atoms with E-state index >= 15 is 0 Å². The Bertz CT molecular complexity index is 309. The maximum absolute atomic E-state index is 11.7. The van der Waals surface area contributed by atoms with Crippen molar-refractivity contribution in [3.8, 4) is 0 Å². The Morgan fingerprint density at radius 2 is 2.14 bits per heavy atom. The summed E-state index contributed by atoms with van der Waals surface area (Å²) >= 11 is 0. The second-order valence-corrected chi connectivity index (χ2v) is 5.05. The van der Waals surface area contributed by atoms with Gasteiger partial charge < -0.3 is 10.5 Å². The molecule has 4 nitrogen and oxygen atoms in total. The lowest BCUT2D eigenvalue weighted by molar-refractivity contribution is -0.137. The quantitative estimate of drug-likeness (QED) is 0.633. The van der Waals surface area contributed by atoms with Crippen molar-refractivity contribution in [2.24, 2.45) is 16.1 Å². The zero-order valence-electron chi connectivity index (χ0n) is 8.67. The van der Waals surface area contributed by atoms with Gasteiger partial charge in [-0.3, -0.25) is 4.79 Å². The summed E-state index contributed by atoms with van der Waals surface area (Å²) in [4.78, 5) is 15.3. The summed E-state index contributed by atoms with van der Waals surface area (Å²) in [6.45, 7) is 4.30. The highest BCUT2D eigenvalue weighted by Gasteiger charge is 2.51. The molecule has 1 saturated carbocycles. The monoisotopic (exact) mass is 196 g/mol. The van der Waals surface area contributed by atoms with Gasteiger partial charge in [0.05, 0.1) is 0 Å². The Hall–Kier alpha value is -1.06. The summed E-state index contributed by atoms with van der Waals surface area (Å²) < 4.78 is 5.42. The van der Waals surface area contributed by atoms with E-state index in [1.807, 2.05) is 0 Å². The summed E-state index contributed by atoms with van der Waals surface area (Å²) in [7, 11) is 0. The third-order valence-corrected chi connectivity index (χ3v) is 3.10. The van der Waals surface area contributed by atoms with Crippen LogP contribution in [0.25, 0.3) is 0 Å². The number of carbonyl (C=O) groups is 1. The molecule has 14 heavy (non-hydrogen) atoms. The number of hydrogen-bond donors (Lipinski definition) is 1. The summed E-state index contributed by atoms with van der Waals surface area (Å²) in [5.41, 5.74) is 4.84. The van der Waals surface area contributed by atoms with E-state index < -0.39 is 5.60 Å². The minimum atomic E-state index is -0.730. The summed E-state index contributed by atoms with van der Waals surface area (Å²) in [6, 6.07) is 0.0349. The average molecular weight is 196 g/mol. The topological polar surface area (TPSA) is 64.7 Å². The van der Waals surface area contributed by atoms with Crippen LogP contribution in [-0.2, 0) is 9.53 Å². The van der Waals surface area contributed by atoms with Gasteiger partial charge in [-0.1, -0.05) is 13.8 Å². The summed E-state index contributed by atoms with van der Waals surface area (Å²) in [6.07, 6.45) is 3.61. The number of ether oxygens (including phenoxy) is 1. The fourth-order valence-corrected chi connectivity index (χ4v) is 2.54. The molecular weight excluding hydrogens is 180 g/mol. The molecule has 0 aromatic rings. The molecule has 2 aliphatic rings. The minimum absolute atomic E-state index is 0.0349. The van der Waals surface area contributed by atoms with Gasteiger partial charge in [0, 0.05) is 6.42 Å². The first-order chi connectivity index (χ1) is 6.44. The number of amides is 1. The first-order valence-electron chi connectivity index (χ1n) is 5.01. The van der Waals surface area contributed by atoms with Gasteiger partial charge in [-0.15, -0.1) is 0 Å². The number of aliphatic imine (C=N–C) groups is 1. The van der Waals surface area contributed by atoms with Gasteiger partial charge in [0.15, 0.2) is 5.60 Å². The third-order valence-electron chi connectivity index (χ3n) is 3.10. The van der Waals surface area contributed by atoms with Crippen molar-refractivity contribution in [3.05, 3.63) is 0 Å². The van der Waals surface area contributed by atoms with E-state index in [2.05, 4.69) is 18.8 Å². The first kappa shape index (κ1) is 9.49. The van der Waals surface area contributed by atoms with Crippen LogP contribution < -0.4 is 5.73 Å². The van der Waals surface area contributed by atoms with Crippen LogP contribution in [0.1, 0.15) is 39.5 Å². The van der Waals surface area contributed by atoms with Gasteiger partial charge in [0.1, 0.15) is 0 Å². The lowest BCUT2D eigenvalue weighted by atomic mass is 9.69. The SMILES string of the molecule is CC1(C)CCCC2(C1)OC(N)=NC2=O. The van der Waals surface area contributed by atoms with Crippen LogP contribution in [0.3, 0.4) is 0 Å². The molecule has 1 atom stereocenters. The first-order valence-corrected chi connectivity index (χ1v) is 5.01. The van der Waals surface area contributed by atoms with Gasteiger partial charge in [-0.25, -0.2) is 0 Å². The van der Waals surface area contributed by atoms with Gasteiger partial charge in [0.2, 0.25) is 0 Å². The zero-order chi connectivity index (χ0) is 10.4. The van der Waals surface area contributed by atoms with Gasteiger partial charge in [0.25, 0.3) is 11.9 Å². The standard InChI is InChI=1S/C10H16N2O2/c1-9(2)4-3-5-10(6-9)7(13)12-8(11)14-10/h3-6H2,1-2H3,(H2,11,12,13). The average Bonchev–Trinajstić information content (AvgIpc) is 2.24. The molecule has 1 amide bonds. The van der Waals surface area contributed by atoms with E-state index in [0.717, 1.165) is 25.7 Å². The third kappa shape index (κ3) is 1.38. The fraction of sp³-hybridized carbons (Fsp3) is 0.800. The van der Waals surface area contributed by atoms with E-state index in [1.165, 1.54) is 0 Å². The van der Waals surface area contributed by atoms with Crippen LogP contribution in [-0.4, -0.2) is 17.5 Å². The van der Waals surface area contributed by atoms with Crippen LogP contribution in [0.4, 0.5) is 0 Å². The van der Waals surface area contributed by atoms with E-state index in [9.17, 15) is 4.79 Å². The Labute approximate surface area is 83.5 Å². The molecule has 1 spiro atoms. The molecule has 2 rings (SSSR count). The molecule has 0 bridgehead atoms. The highest BCUT2D eigenvalue weighted by atomic mass is 16.5. The van der Waals surface area contributed by atoms with Gasteiger partial charge in [-0.05, 0) is 24.7 Å². The van der Waals surface area contributed by atoms with Gasteiger partial charge in [-0.2, -0.15) is 4.99 Å². The maximum atomic E-state index is 11.7. The normalized spacial score (nSPS) is 35.6. The second kappa shape index (κ2) is 2.72. The maximum Gasteiger partial charge on any atom is 0.294 e. The lowest BCUT2D eigenvalue weighted by Crippen LogP contribution is -2.45. The largest absolute Gasteiger partial charge is 0.448 e. The van der Waals surface area contributed by atoms with E-state index in [1.54, 1.807) is 0 Å². The van der Waals surface area contributed by atoms with Crippen molar-refractivity contribution in [3.63, 3.8) is 0 Å². The summed E-state index contributed by atoms with van der Waals surface area (Å²) in [5.74, 6) is -0.192. The number of nitrogens with two attached hydrogens (primary N) is 1. The van der Waals surface area contributed by atoms with Crippen molar-refractivity contribution < 1.29 is 9.53 Å².